The lowest BCUT2D eigenvalue weighted by Crippen LogP contribution is -2.43. The maximum Gasteiger partial charge on any atom is 0.265 e. The van der Waals surface area contributed by atoms with Gasteiger partial charge < -0.3 is 10.1 Å². The monoisotopic (exact) mass is 239 g/mol. The van der Waals surface area contributed by atoms with Crippen molar-refractivity contribution in [3.8, 4) is 0 Å². The van der Waals surface area contributed by atoms with Crippen molar-refractivity contribution in [2.24, 2.45) is 11.1 Å². The van der Waals surface area contributed by atoms with Gasteiger partial charge in [0.2, 0.25) is 0 Å². The van der Waals surface area contributed by atoms with Gasteiger partial charge in [-0.1, -0.05) is 12.1 Å². The average molecular weight is 239 g/mol. The molecule has 1 aliphatic heterocycles. The van der Waals surface area contributed by atoms with E-state index < -0.39 is 0 Å². The van der Waals surface area contributed by atoms with Gasteiger partial charge in [-0.2, -0.15) is 0 Å². The van der Waals surface area contributed by atoms with Gasteiger partial charge in [-0.05, 0) is 0 Å². The second kappa shape index (κ2) is 4.61. The van der Waals surface area contributed by atoms with Crippen LogP contribution in [0.25, 0.3) is 0 Å². The first-order valence-corrected chi connectivity index (χ1v) is 5.99. The number of aromatic nitrogens is 1. The molecule has 1 aliphatic rings. The minimum absolute atomic E-state index is 0.0198. The van der Waals surface area contributed by atoms with Crippen molar-refractivity contribution in [3.63, 3.8) is 0 Å². The van der Waals surface area contributed by atoms with Gasteiger partial charge in [0, 0.05) is 25.4 Å². The zero-order valence-electron chi connectivity index (χ0n) is 8.96. The maximum atomic E-state index is 12.0. The molecule has 5 nitrogen and oxygen atoms in total. The summed E-state index contributed by atoms with van der Waals surface area (Å²) in [5.74, 6) is 0.141. The number of rotatable bonds is 1. The van der Waals surface area contributed by atoms with E-state index in [1.54, 1.807) is 16.6 Å². The molecule has 86 valence electrons. The molecule has 1 fully saturated rings. The Balaban J connectivity index is 2.06. The van der Waals surface area contributed by atoms with Crippen LogP contribution in [0.5, 0.6) is 0 Å². The molecule has 0 aliphatic carbocycles. The van der Waals surface area contributed by atoms with E-state index in [4.69, 9.17) is 5.21 Å². The number of carbonyl (C=O) groups excluding carboxylic acids is 1. The Labute approximate surface area is 97.4 Å². The highest BCUT2D eigenvalue weighted by Crippen LogP contribution is 2.17. The van der Waals surface area contributed by atoms with Gasteiger partial charge in [0.25, 0.3) is 5.91 Å². The zero-order valence-corrected chi connectivity index (χ0v) is 9.78. The van der Waals surface area contributed by atoms with Gasteiger partial charge in [0.15, 0.2) is 0 Å². The van der Waals surface area contributed by atoms with Crippen LogP contribution in [-0.4, -0.2) is 39.8 Å². The van der Waals surface area contributed by atoms with Crippen molar-refractivity contribution < 1.29 is 10.0 Å². The Kier molecular flexibility index (Phi) is 3.19. The van der Waals surface area contributed by atoms with Crippen LogP contribution in [0, 0.1) is 5.92 Å². The normalized spacial score (nSPS) is 23.7. The van der Waals surface area contributed by atoms with E-state index in [2.05, 4.69) is 10.1 Å². The first-order valence-electron chi connectivity index (χ1n) is 5.11. The lowest BCUT2D eigenvalue weighted by atomic mass is 9.97. The third-order valence-electron chi connectivity index (χ3n) is 2.76. The van der Waals surface area contributed by atoms with Gasteiger partial charge in [0.1, 0.15) is 4.88 Å². The van der Waals surface area contributed by atoms with Crippen molar-refractivity contribution in [1.82, 2.24) is 9.88 Å². The number of hydrogen-bond acceptors (Lipinski definition) is 5. The summed E-state index contributed by atoms with van der Waals surface area (Å²) in [7, 11) is 0. The number of carbonyl (C=O) groups is 1. The number of oxime groups is 1. The molecule has 1 saturated heterocycles. The molecule has 6 heteroatoms. The maximum absolute atomic E-state index is 12.0. The molecule has 0 radical (unpaired) electrons. The van der Waals surface area contributed by atoms with Crippen molar-refractivity contribution in [2.75, 3.05) is 13.1 Å². The predicted octanol–water partition coefficient (Wildman–Crippen LogP) is 1.46. The number of nitrogens with zero attached hydrogens (tertiary/aromatic N) is 3. The summed E-state index contributed by atoms with van der Waals surface area (Å²) >= 11 is 1.35. The van der Waals surface area contributed by atoms with Gasteiger partial charge in [-0.15, -0.1) is 11.3 Å². The molecule has 0 saturated carbocycles. The van der Waals surface area contributed by atoms with Crippen LogP contribution in [-0.2, 0) is 0 Å². The van der Waals surface area contributed by atoms with Gasteiger partial charge in [-0.25, -0.2) is 0 Å². The van der Waals surface area contributed by atoms with Crippen LogP contribution in [0.15, 0.2) is 16.9 Å². The number of piperidine rings is 1. The van der Waals surface area contributed by atoms with E-state index in [1.807, 2.05) is 6.92 Å². The number of likely N-dealkylation sites (tertiary alicyclic amines) is 1. The smallest absolute Gasteiger partial charge is 0.265 e. The van der Waals surface area contributed by atoms with E-state index in [-0.39, 0.29) is 11.8 Å². The average Bonchev–Trinajstić information content (AvgIpc) is 2.81. The summed E-state index contributed by atoms with van der Waals surface area (Å²) in [6, 6.07) is 0. The Morgan fingerprint density at radius 2 is 2.56 bits per heavy atom. The fourth-order valence-electron chi connectivity index (χ4n) is 1.83. The SMILES string of the molecule is CC1CN(C(=O)c2cncs2)CCC1=NO. The van der Waals surface area contributed by atoms with Gasteiger partial charge >= 0.3 is 0 Å². The molecule has 1 unspecified atom stereocenters. The quantitative estimate of drug-likeness (QED) is 0.596. The molecule has 0 aromatic carbocycles. The van der Waals surface area contributed by atoms with Crippen LogP contribution in [0.4, 0.5) is 0 Å². The molecule has 1 atom stereocenters. The highest BCUT2D eigenvalue weighted by Gasteiger charge is 2.26. The molecule has 1 amide bonds. The van der Waals surface area contributed by atoms with E-state index in [0.717, 1.165) is 5.71 Å². The predicted molar refractivity (Wildman–Crippen MR) is 61.0 cm³/mol. The van der Waals surface area contributed by atoms with E-state index in [9.17, 15) is 4.79 Å². The first-order chi connectivity index (χ1) is 7.72. The van der Waals surface area contributed by atoms with Crippen LogP contribution in [0.1, 0.15) is 23.0 Å². The molecule has 16 heavy (non-hydrogen) atoms. The van der Waals surface area contributed by atoms with Crippen molar-refractivity contribution in [1.29, 1.82) is 0 Å². The molecule has 0 bridgehead atoms. The summed E-state index contributed by atoms with van der Waals surface area (Å²) in [6.45, 7) is 3.18. The molecular formula is C10H13N3O2S. The highest BCUT2D eigenvalue weighted by atomic mass is 32.1. The van der Waals surface area contributed by atoms with Crippen LogP contribution in [0.3, 0.4) is 0 Å². The highest BCUT2D eigenvalue weighted by molar-refractivity contribution is 7.11. The number of thiazole rings is 1. The van der Waals surface area contributed by atoms with E-state index in [0.29, 0.717) is 24.4 Å². The Hall–Kier alpha value is -1.43. The molecular weight excluding hydrogens is 226 g/mol. The molecule has 2 rings (SSSR count). The topological polar surface area (TPSA) is 65.8 Å². The number of amides is 1. The lowest BCUT2D eigenvalue weighted by molar-refractivity contribution is 0.0738. The fourth-order valence-corrected chi connectivity index (χ4v) is 2.42. The fraction of sp³-hybridized carbons (Fsp3) is 0.500. The summed E-state index contributed by atoms with van der Waals surface area (Å²) < 4.78 is 0. The Bertz CT molecular complexity index is 402. The minimum atomic E-state index is 0.0198. The minimum Gasteiger partial charge on any atom is -0.411 e. The van der Waals surface area contributed by atoms with E-state index in [1.165, 1.54) is 11.3 Å². The Morgan fingerprint density at radius 1 is 1.75 bits per heavy atom. The molecule has 2 heterocycles. The molecule has 1 N–H and O–H groups in total. The third kappa shape index (κ3) is 2.06. The first kappa shape index (κ1) is 11.1. The summed E-state index contributed by atoms with van der Waals surface area (Å²) in [4.78, 5) is 18.3. The van der Waals surface area contributed by atoms with Crippen LogP contribution >= 0.6 is 11.3 Å². The van der Waals surface area contributed by atoms with Crippen molar-refractivity contribution >= 4 is 23.0 Å². The second-order valence-electron chi connectivity index (χ2n) is 3.86. The largest absolute Gasteiger partial charge is 0.411 e. The number of hydrogen-bond donors (Lipinski definition) is 1. The molecule has 0 spiro atoms. The van der Waals surface area contributed by atoms with Gasteiger partial charge in [-0.3, -0.25) is 9.78 Å². The van der Waals surface area contributed by atoms with Crippen LogP contribution in [0.2, 0.25) is 0 Å². The van der Waals surface area contributed by atoms with Crippen molar-refractivity contribution in [3.05, 3.63) is 16.6 Å². The standard InChI is InChI=1S/C10H13N3O2S/c1-7-5-13(3-2-8(7)12-15)10(14)9-4-11-6-16-9/h4,6-7,15H,2-3,5H2,1H3. The van der Waals surface area contributed by atoms with Crippen molar-refractivity contribution in [2.45, 2.75) is 13.3 Å². The summed E-state index contributed by atoms with van der Waals surface area (Å²) in [5, 5.41) is 12.0. The molecule has 1 aromatic rings. The second-order valence-corrected chi connectivity index (χ2v) is 4.75. The summed E-state index contributed by atoms with van der Waals surface area (Å²) in [6.07, 6.45) is 2.23. The van der Waals surface area contributed by atoms with Crippen LogP contribution < -0.4 is 0 Å². The van der Waals surface area contributed by atoms with E-state index >= 15 is 0 Å². The molecule has 1 aromatic heterocycles. The summed E-state index contributed by atoms with van der Waals surface area (Å²) in [5.41, 5.74) is 2.43. The lowest BCUT2D eigenvalue weighted by Gasteiger charge is -2.31. The van der Waals surface area contributed by atoms with Gasteiger partial charge in [0.05, 0.1) is 17.4 Å². The Morgan fingerprint density at radius 3 is 3.12 bits per heavy atom. The zero-order chi connectivity index (χ0) is 11.5. The third-order valence-corrected chi connectivity index (χ3v) is 3.52.